The Balaban J connectivity index is 1.72. The van der Waals surface area contributed by atoms with Crippen LogP contribution in [0, 0.1) is 0 Å². The zero-order valence-electron chi connectivity index (χ0n) is 14.5. The van der Waals surface area contributed by atoms with Gasteiger partial charge in [-0.1, -0.05) is 49.4 Å². The van der Waals surface area contributed by atoms with Crippen molar-refractivity contribution in [2.24, 2.45) is 0 Å². The number of rotatable bonds is 4. The molecular formula is C20H22N4O. The van der Waals surface area contributed by atoms with Crippen LogP contribution in [0.2, 0.25) is 0 Å². The lowest BCUT2D eigenvalue weighted by molar-refractivity contribution is 0.380. The molecule has 4 rings (SSSR count). The van der Waals surface area contributed by atoms with E-state index in [1.807, 2.05) is 22.9 Å². The molecule has 0 fully saturated rings. The second-order valence-corrected chi connectivity index (χ2v) is 6.31. The third-order valence-corrected chi connectivity index (χ3v) is 4.92. The number of benzene rings is 2. The first kappa shape index (κ1) is 15.7. The first-order valence-corrected chi connectivity index (χ1v) is 8.68. The lowest BCUT2D eigenvalue weighted by atomic mass is 9.92. The highest BCUT2D eigenvalue weighted by atomic mass is 16.5. The van der Waals surface area contributed by atoms with Gasteiger partial charge in [0.15, 0.2) is 0 Å². The molecule has 25 heavy (non-hydrogen) atoms. The van der Waals surface area contributed by atoms with Gasteiger partial charge in [-0.3, -0.25) is 0 Å². The number of nitrogens with zero attached hydrogens (tertiary/aromatic N) is 3. The summed E-state index contributed by atoms with van der Waals surface area (Å²) in [5.41, 5.74) is 3.75. The predicted octanol–water partition coefficient (Wildman–Crippen LogP) is 4.00. The number of para-hydroxylation sites is 1. The first-order valence-electron chi connectivity index (χ1n) is 8.68. The molecule has 1 aromatic heterocycles. The quantitative estimate of drug-likeness (QED) is 0.784. The summed E-state index contributed by atoms with van der Waals surface area (Å²) in [5.74, 6) is 1.68. The van der Waals surface area contributed by atoms with E-state index in [1.165, 1.54) is 11.1 Å². The summed E-state index contributed by atoms with van der Waals surface area (Å²) >= 11 is 0. The molecule has 1 aliphatic heterocycles. The van der Waals surface area contributed by atoms with Crippen LogP contribution in [0.3, 0.4) is 0 Å². The third kappa shape index (κ3) is 2.86. The highest BCUT2D eigenvalue weighted by Crippen LogP contribution is 2.40. The molecule has 2 aromatic carbocycles. The van der Waals surface area contributed by atoms with Crippen LogP contribution < -0.4 is 10.1 Å². The van der Waals surface area contributed by atoms with Crippen molar-refractivity contribution in [2.45, 2.75) is 31.8 Å². The predicted molar refractivity (Wildman–Crippen MR) is 98.0 cm³/mol. The zero-order chi connectivity index (χ0) is 17.2. The van der Waals surface area contributed by atoms with Crippen LogP contribution in [0.1, 0.15) is 42.1 Å². The van der Waals surface area contributed by atoms with Gasteiger partial charge in [-0.25, -0.2) is 4.68 Å². The van der Waals surface area contributed by atoms with Gasteiger partial charge >= 0.3 is 0 Å². The van der Waals surface area contributed by atoms with Crippen molar-refractivity contribution in [3.05, 3.63) is 71.5 Å². The van der Waals surface area contributed by atoms with E-state index in [0.29, 0.717) is 0 Å². The molecule has 2 heterocycles. The molecule has 1 aliphatic rings. The summed E-state index contributed by atoms with van der Waals surface area (Å²) in [6.45, 7) is 2.17. The number of fused-ring (bicyclic) bond motifs is 1. The molecule has 128 valence electrons. The van der Waals surface area contributed by atoms with Gasteiger partial charge in [0.2, 0.25) is 5.95 Å². The molecule has 0 saturated carbocycles. The minimum Gasteiger partial charge on any atom is -0.496 e. The van der Waals surface area contributed by atoms with Crippen LogP contribution in [-0.4, -0.2) is 21.9 Å². The molecule has 2 atom stereocenters. The summed E-state index contributed by atoms with van der Waals surface area (Å²) in [4.78, 5) is 4.40. The fourth-order valence-electron chi connectivity index (χ4n) is 3.52. The molecule has 2 unspecified atom stereocenters. The van der Waals surface area contributed by atoms with Gasteiger partial charge in [-0.15, -0.1) is 0 Å². The van der Waals surface area contributed by atoms with Crippen molar-refractivity contribution in [1.29, 1.82) is 0 Å². The Labute approximate surface area is 147 Å². The lowest BCUT2D eigenvalue weighted by Gasteiger charge is -2.32. The maximum Gasteiger partial charge on any atom is 0.222 e. The number of hydrogen-bond donors (Lipinski definition) is 1. The minimum absolute atomic E-state index is 0.0887. The van der Waals surface area contributed by atoms with Crippen molar-refractivity contribution < 1.29 is 4.74 Å². The molecule has 5 nitrogen and oxygen atoms in total. The number of nitrogens with one attached hydrogen (secondary N) is 1. The standard InChI is InChI=1S/C20H22N4O/c1-3-14-8-10-15(11-9-14)17-12-18(24-20(23-17)21-13-22-24)16-6-4-5-7-19(16)25-2/h4-11,13,17-18H,3,12H2,1-2H3,(H,21,22,23). The number of methoxy groups -OCH3 is 1. The molecule has 0 spiro atoms. The molecule has 0 radical (unpaired) electrons. The average molecular weight is 334 g/mol. The number of ether oxygens (including phenoxy) is 1. The van der Waals surface area contributed by atoms with Crippen LogP contribution in [-0.2, 0) is 6.42 Å². The Morgan fingerprint density at radius 2 is 1.96 bits per heavy atom. The van der Waals surface area contributed by atoms with Crippen molar-refractivity contribution in [3.8, 4) is 5.75 Å². The number of anilines is 1. The van der Waals surface area contributed by atoms with E-state index < -0.39 is 0 Å². The van der Waals surface area contributed by atoms with E-state index in [4.69, 9.17) is 4.74 Å². The average Bonchev–Trinajstić information content (AvgIpc) is 3.16. The number of aromatic nitrogens is 3. The molecular weight excluding hydrogens is 312 g/mol. The van der Waals surface area contributed by atoms with Gasteiger partial charge in [0.1, 0.15) is 12.1 Å². The summed E-state index contributed by atoms with van der Waals surface area (Å²) in [5, 5.41) is 7.95. The zero-order valence-corrected chi connectivity index (χ0v) is 14.5. The van der Waals surface area contributed by atoms with Crippen LogP contribution >= 0.6 is 0 Å². The fourth-order valence-corrected chi connectivity index (χ4v) is 3.52. The van der Waals surface area contributed by atoms with Crippen molar-refractivity contribution in [1.82, 2.24) is 14.8 Å². The van der Waals surface area contributed by atoms with E-state index in [2.05, 4.69) is 52.7 Å². The Morgan fingerprint density at radius 3 is 2.72 bits per heavy atom. The van der Waals surface area contributed by atoms with E-state index in [0.717, 1.165) is 30.1 Å². The molecule has 5 heteroatoms. The Hall–Kier alpha value is -2.82. The SMILES string of the molecule is CCc1ccc(C2CC(c3ccccc3OC)n3ncnc3N2)cc1. The van der Waals surface area contributed by atoms with Crippen molar-refractivity contribution in [2.75, 3.05) is 12.4 Å². The van der Waals surface area contributed by atoms with Gasteiger partial charge in [-0.2, -0.15) is 10.1 Å². The Morgan fingerprint density at radius 1 is 1.16 bits per heavy atom. The van der Waals surface area contributed by atoms with Crippen molar-refractivity contribution in [3.63, 3.8) is 0 Å². The Bertz CT molecular complexity index is 856. The molecule has 1 N–H and O–H groups in total. The van der Waals surface area contributed by atoms with Crippen LogP contribution in [0.4, 0.5) is 5.95 Å². The highest BCUT2D eigenvalue weighted by Gasteiger charge is 2.31. The number of hydrogen-bond acceptors (Lipinski definition) is 4. The smallest absolute Gasteiger partial charge is 0.222 e. The summed E-state index contributed by atoms with van der Waals surface area (Å²) in [6.07, 6.45) is 3.55. The first-order chi connectivity index (χ1) is 12.3. The summed E-state index contributed by atoms with van der Waals surface area (Å²) in [6, 6.07) is 17.3. The molecule has 0 aliphatic carbocycles. The van der Waals surface area contributed by atoms with E-state index in [-0.39, 0.29) is 12.1 Å². The third-order valence-electron chi connectivity index (χ3n) is 4.92. The van der Waals surface area contributed by atoms with Gasteiger partial charge in [0.25, 0.3) is 0 Å². The number of aryl methyl sites for hydroxylation is 1. The van der Waals surface area contributed by atoms with Gasteiger partial charge in [-0.05, 0) is 30.0 Å². The second kappa shape index (κ2) is 6.59. The summed E-state index contributed by atoms with van der Waals surface area (Å²) in [7, 11) is 1.71. The molecule has 3 aromatic rings. The normalized spacial score (nSPS) is 19.1. The van der Waals surface area contributed by atoms with Crippen molar-refractivity contribution >= 4 is 5.95 Å². The monoisotopic (exact) mass is 334 g/mol. The maximum absolute atomic E-state index is 5.58. The molecule has 0 saturated heterocycles. The molecule has 0 amide bonds. The topological polar surface area (TPSA) is 52.0 Å². The second-order valence-electron chi connectivity index (χ2n) is 6.31. The Kier molecular flexibility index (Phi) is 4.14. The lowest BCUT2D eigenvalue weighted by Crippen LogP contribution is -2.28. The fraction of sp³-hybridized carbons (Fsp3) is 0.300. The van der Waals surface area contributed by atoms with Crippen LogP contribution in [0.5, 0.6) is 5.75 Å². The van der Waals surface area contributed by atoms with E-state index >= 15 is 0 Å². The van der Waals surface area contributed by atoms with Crippen LogP contribution in [0.25, 0.3) is 0 Å². The largest absolute Gasteiger partial charge is 0.496 e. The van der Waals surface area contributed by atoms with E-state index in [1.54, 1.807) is 13.4 Å². The van der Waals surface area contributed by atoms with Gasteiger partial charge in [0.05, 0.1) is 19.2 Å². The summed E-state index contributed by atoms with van der Waals surface area (Å²) < 4.78 is 7.53. The van der Waals surface area contributed by atoms with Crippen LogP contribution in [0.15, 0.2) is 54.9 Å². The minimum atomic E-state index is 0.0887. The van der Waals surface area contributed by atoms with Gasteiger partial charge < -0.3 is 10.1 Å². The van der Waals surface area contributed by atoms with E-state index in [9.17, 15) is 0 Å². The maximum atomic E-state index is 5.58. The molecule has 0 bridgehead atoms. The van der Waals surface area contributed by atoms with Gasteiger partial charge in [0, 0.05) is 5.56 Å². The highest BCUT2D eigenvalue weighted by molar-refractivity contribution is 5.42.